The smallest absolute Gasteiger partial charge is 0.193 e. The molecule has 1 aromatic heterocycles. The summed E-state index contributed by atoms with van der Waals surface area (Å²) in [4.78, 5) is 13.6. The van der Waals surface area contributed by atoms with E-state index in [4.69, 9.17) is 0 Å². The van der Waals surface area contributed by atoms with E-state index in [1.807, 2.05) is 25.4 Å². The zero-order valence-electron chi connectivity index (χ0n) is 18.1. The van der Waals surface area contributed by atoms with Crippen molar-refractivity contribution in [3.63, 3.8) is 0 Å². The molecule has 3 rings (SSSR count). The first-order valence-corrected chi connectivity index (χ1v) is 10.4. The maximum absolute atomic E-state index is 4.52. The zero-order valence-corrected chi connectivity index (χ0v) is 18.1. The molecule has 0 spiro atoms. The number of benzene rings is 1. The zero-order chi connectivity index (χ0) is 20.7. The van der Waals surface area contributed by atoms with Gasteiger partial charge in [0.15, 0.2) is 5.96 Å². The average molecular weight is 395 g/mol. The molecule has 6 heteroatoms. The van der Waals surface area contributed by atoms with Crippen LogP contribution in [0.15, 0.2) is 59.7 Å². The first kappa shape index (κ1) is 21.1. The van der Waals surface area contributed by atoms with Gasteiger partial charge in [0.05, 0.1) is 0 Å². The van der Waals surface area contributed by atoms with Gasteiger partial charge in [-0.15, -0.1) is 0 Å². The van der Waals surface area contributed by atoms with Gasteiger partial charge in [0.25, 0.3) is 0 Å². The molecule has 156 valence electrons. The maximum atomic E-state index is 4.52. The standard InChI is InChI=1S/C23H34N6/c1-19(20-10-6-5-7-11-20)27-23(2,3)18-26-22(24-4)29-16-14-28(15-17-29)21-12-8-9-13-25-21/h5-13,19,27H,14-18H2,1-4H3,(H,24,26). The molecule has 1 unspecified atom stereocenters. The highest BCUT2D eigenvalue weighted by Crippen LogP contribution is 2.16. The lowest BCUT2D eigenvalue weighted by Gasteiger charge is -2.38. The number of pyridine rings is 1. The molecule has 1 aromatic carbocycles. The predicted molar refractivity (Wildman–Crippen MR) is 121 cm³/mol. The summed E-state index contributed by atoms with van der Waals surface area (Å²) in [6.45, 7) is 11.2. The van der Waals surface area contributed by atoms with Crippen molar-refractivity contribution in [1.82, 2.24) is 20.5 Å². The lowest BCUT2D eigenvalue weighted by atomic mass is 10.0. The Morgan fingerprint density at radius 2 is 1.76 bits per heavy atom. The van der Waals surface area contributed by atoms with Crippen LogP contribution in [0.2, 0.25) is 0 Å². The third-order valence-electron chi connectivity index (χ3n) is 5.36. The van der Waals surface area contributed by atoms with Crippen LogP contribution in [0.5, 0.6) is 0 Å². The molecule has 2 heterocycles. The van der Waals surface area contributed by atoms with E-state index in [9.17, 15) is 0 Å². The van der Waals surface area contributed by atoms with Crippen molar-refractivity contribution in [2.24, 2.45) is 4.99 Å². The van der Waals surface area contributed by atoms with E-state index in [0.29, 0.717) is 0 Å². The molecule has 0 aliphatic carbocycles. The van der Waals surface area contributed by atoms with Gasteiger partial charge < -0.3 is 20.4 Å². The van der Waals surface area contributed by atoms with Crippen LogP contribution in [0.3, 0.4) is 0 Å². The van der Waals surface area contributed by atoms with Crippen molar-refractivity contribution >= 4 is 11.8 Å². The molecule has 1 saturated heterocycles. The molecule has 1 fully saturated rings. The predicted octanol–water partition coefficient (Wildman–Crippen LogP) is 2.91. The summed E-state index contributed by atoms with van der Waals surface area (Å²) in [6.07, 6.45) is 1.85. The van der Waals surface area contributed by atoms with Crippen molar-refractivity contribution in [3.05, 3.63) is 60.3 Å². The summed E-state index contributed by atoms with van der Waals surface area (Å²) < 4.78 is 0. The summed E-state index contributed by atoms with van der Waals surface area (Å²) in [5.41, 5.74) is 1.23. The lowest BCUT2D eigenvalue weighted by molar-refractivity contribution is 0.328. The number of anilines is 1. The Hall–Kier alpha value is -2.60. The summed E-state index contributed by atoms with van der Waals surface area (Å²) >= 11 is 0. The summed E-state index contributed by atoms with van der Waals surface area (Å²) in [5.74, 6) is 2.02. The number of piperazine rings is 1. The Labute approximate surface area is 175 Å². The van der Waals surface area contributed by atoms with Gasteiger partial charge in [-0.05, 0) is 38.5 Å². The highest BCUT2D eigenvalue weighted by Gasteiger charge is 2.24. The summed E-state index contributed by atoms with van der Waals surface area (Å²) in [6, 6.07) is 16.9. The fraction of sp³-hybridized carbons (Fsp3) is 0.478. The Morgan fingerprint density at radius 3 is 2.38 bits per heavy atom. The number of aliphatic imine (C=N–C) groups is 1. The molecule has 0 bridgehead atoms. The van der Waals surface area contributed by atoms with Crippen molar-refractivity contribution in [2.75, 3.05) is 44.7 Å². The largest absolute Gasteiger partial charge is 0.354 e. The van der Waals surface area contributed by atoms with Crippen molar-refractivity contribution in [3.8, 4) is 0 Å². The van der Waals surface area contributed by atoms with Crippen molar-refractivity contribution < 1.29 is 0 Å². The third-order valence-corrected chi connectivity index (χ3v) is 5.36. The number of nitrogens with zero attached hydrogens (tertiary/aromatic N) is 4. The first-order chi connectivity index (χ1) is 14.0. The monoisotopic (exact) mass is 394 g/mol. The van der Waals surface area contributed by atoms with Gasteiger partial charge in [-0.1, -0.05) is 36.4 Å². The molecule has 6 nitrogen and oxygen atoms in total. The molecule has 0 radical (unpaired) electrons. The molecule has 2 aromatic rings. The van der Waals surface area contributed by atoms with E-state index >= 15 is 0 Å². The van der Waals surface area contributed by atoms with Crippen LogP contribution in [-0.4, -0.2) is 61.2 Å². The second-order valence-corrected chi connectivity index (χ2v) is 8.22. The minimum atomic E-state index is -0.0685. The van der Waals surface area contributed by atoms with E-state index in [1.54, 1.807) is 0 Å². The van der Waals surface area contributed by atoms with Crippen LogP contribution >= 0.6 is 0 Å². The second kappa shape index (κ2) is 9.74. The Kier molecular flexibility index (Phi) is 7.09. The van der Waals surface area contributed by atoms with Gasteiger partial charge in [0.1, 0.15) is 5.82 Å². The van der Waals surface area contributed by atoms with Gasteiger partial charge >= 0.3 is 0 Å². The second-order valence-electron chi connectivity index (χ2n) is 8.22. The maximum Gasteiger partial charge on any atom is 0.193 e. The molecule has 1 aliphatic rings. The fourth-order valence-corrected chi connectivity index (χ4v) is 3.78. The van der Waals surface area contributed by atoms with Crippen molar-refractivity contribution in [1.29, 1.82) is 0 Å². The summed E-state index contributed by atoms with van der Waals surface area (Å²) in [5, 5.41) is 7.30. The van der Waals surface area contributed by atoms with E-state index in [1.165, 1.54) is 5.56 Å². The van der Waals surface area contributed by atoms with E-state index < -0.39 is 0 Å². The topological polar surface area (TPSA) is 55.8 Å². The van der Waals surface area contributed by atoms with Crippen LogP contribution in [0.25, 0.3) is 0 Å². The molecule has 2 N–H and O–H groups in total. The van der Waals surface area contributed by atoms with Crippen LogP contribution in [0, 0.1) is 0 Å². The lowest BCUT2D eigenvalue weighted by Crippen LogP contribution is -2.56. The number of nitrogens with one attached hydrogen (secondary N) is 2. The fourth-order valence-electron chi connectivity index (χ4n) is 3.78. The van der Waals surface area contributed by atoms with Gasteiger partial charge in [-0.3, -0.25) is 4.99 Å². The van der Waals surface area contributed by atoms with Gasteiger partial charge in [0, 0.05) is 57.5 Å². The number of rotatable bonds is 6. The molecule has 0 amide bonds. The minimum absolute atomic E-state index is 0.0685. The van der Waals surface area contributed by atoms with Crippen LogP contribution in [0.4, 0.5) is 5.82 Å². The molecule has 29 heavy (non-hydrogen) atoms. The Balaban J connectivity index is 1.50. The van der Waals surface area contributed by atoms with Gasteiger partial charge in [-0.2, -0.15) is 0 Å². The van der Waals surface area contributed by atoms with Crippen LogP contribution in [-0.2, 0) is 0 Å². The number of hydrogen-bond donors (Lipinski definition) is 2. The highest BCUT2D eigenvalue weighted by atomic mass is 15.4. The third kappa shape index (κ3) is 5.94. The normalized spacial score (nSPS) is 16.6. The quantitative estimate of drug-likeness (QED) is 0.583. The van der Waals surface area contributed by atoms with Crippen LogP contribution in [0.1, 0.15) is 32.4 Å². The minimum Gasteiger partial charge on any atom is -0.354 e. The SMILES string of the molecule is CN=C(NCC(C)(C)NC(C)c1ccccc1)N1CCN(c2ccccn2)CC1. The van der Waals surface area contributed by atoms with E-state index in [0.717, 1.165) is 44.5 Å². The van der Waals surface area contributed by atoms with Crippen molar-refractivity contribution in [2.45, 2.75) is 32.4 Å². The van der Waals surface area contributed by atoms with Gasteiger partial charge in [-0.25, -0.2) is 4.98 Å². The van der Waals surface area contributed by atoms with E-state index in [-0.39, 0.29) is 11.6 Å². The molecular formula is C23H34N6. The Morgan fingerprint density at radius 1 is 1.07 bits per heavy atom. The number of aromatic nitrogens is 1. The highest BCUT2D eigenvalue weighted by molar-refractivity contribution is 5.80. The van der Waals surface area contributed by atoms with Gasteiger partial charge in [0.2, 0.25) is 0 Å². The molecule has 1 aliphatic heterocycles. The van der Waals surface area contributed by atoms with E-state index in [2.05, 4.69) is 87.6 Å². The van der Waals surface area contributed by atoms with Crippen LogP contribution < -0.4 is 15.5 Å². The Bertz CT molecular complexity index is 766. The number of hydrogen-bond acceptors (Lipinski definition) is 4. The molecule has 0 saturated carbocycles. The summed E-state index contributed by atoms with van der Waals surface area (Å²) in [7, 11) is 1.86. The average Bonchev–Trinajstić information content (AvgIpc) is 2.75. The first-order valence-electron chi connectivity index (χ1n) is 10.4. The molecular weight excluding hydrogens is 360 g/mol. The molecule has 1 atom stereocenters. The number of guanidine groups is 1.